The van der Waals surface area contributed by atoms with Gasteiger partial charge in [0.15, 0.2) is 5.82 Å². The number of pyridine rings is 1. The predicted molar refractivity (Wildman–Crippen MR) is 116 cm³/mol. The number of hydrogen-bond donors (Lipinski definition) is 0. The minimum absolute atomic E-state index is 0.783. The van der Waals surface area contributed by atoms with E-state index in [0.29, 0.717) is 0 Å². The highest BCUT2D eigenvalue weighted by molar-refractivity contribution is 9.10. The van der Waals surface area contributed by atoms with Crippen LogP contribution < -0.4 is 0 Å². The van der Waals surface area contributed by atoms with Gasteiger partial charge in [0.25, 0.3) is 0 Å². The molecule has 0 saturated carbocycles. The second-order valence-electron chi connectivity index (χ2n) is 6.58. The molecule has 1 aromatic carbocycles. The summed E-state index contributed by atoms with van der Waals surface area (Å²) in [6.45, 7) is 2.04. The lowest BCUT2D eigenvalue weighted by atomic mass is 9.98. The maximum Gasteiger partial charge on any atom is 0.209 e. The molecular formula is C21H16BrN5S. The van der Waals surface area contributed by atoms with Crippen LogP contribution in [0.5, 0.6) is 0 Å². The molecule has 3 aromatic heterocycles. The standard InChI is InChI=1S/C21H16BrN5S/c1-13-19-16(27(26-13)18-4-2-3-11-23-18)9-10-17-20(19)25-21(28-17)24-12-14-5-7-15(22)8-6-14/h2-8,11-12H,9-10H2,1H3/b24-12+. The zero-order valence-corrected chi connectivity index (χ0v) is 17.5. The van der Waals surface area contributed by atoms with Gasteiger partial charge in [-0.1, -0.05) is 45.5 Å². The average Bonchev–Trinajstić information content (AvgIpc) is 3.29. The van der Waals surface area contributed by atoms with Crippen LogP contribution in [-0.4, -0.2) is 26.0 Å². The third-order valence-corrected chi connectivity index (χ3v) is 6.28. The SMILES string of the molecule is Cc1nn(-c2ccccn2)c2c1-c1nc(/N=C/c3ccc(Br)cc3)sc1CC2. The molecule has 0 atom stereocenters. The molecule has 0 saturated heterocycles. The Kier molecular flexibility index (Phi) is 4.41. The van der Waals surface area contributed by atoms with Gasteiger partial charge >= 0.3 is 0 Å². The van der Waals surface area contributed by atoms with Crippen molar-refractivity contribution in [2.24, 2.45) is 4.99 Å². The fraction of sp³-hybridized carbons (Fsp3) is 0.143. The molecular weight excluding hydrogens is 434 g/mol. The monoisotopic (exact) mass is 449 g/mol. The molecule has 0 spiro atoms. The highest BCUT2D eigenvalue weighted by Crippen LogP contribution is 2.41. The Balaban J connectivity index is 1.52. The summed E-state index contributed by atoms with van der Waals surface area (Å²) in [5.74, 6) is 0.846. The van der Waals surface area contributed by atoms with Crippen molar-refractivity contribution in [3.8, 4) is 17.1 Å². The fourth-order valence-electron chi connectivity index (χ4n) is 3.45. The summed E-state index contributed by atoms with van der Waals surface area (Å²) in [4.78, 5) is 15.2. The third-order valence-electron chi connectivity index (χ3n) is 4.73. The van der Waals surface area contributed by atoms with Crippen molar-refractivity contribution < 1.29 is 0 Å². The minimum Gasteiger partial charge on any atom is -0.237 e. The van der Waals surface area contributed by atoms with Crippen molar-refractivity contribution in [1.82, 2.24) is 19.7 Å². The summed E-state index contributed by atoms with van der Waals surface area (Å²) in [7, 11) is 0. The van der Waals surface area contributed by atoms with Gasteiger partial charge < -0.3 is 0 Å². The predicted octanol–water partition coefficient (Wildman–Crippen LogP) is 5.31. The number of thiazole rings is 1. The molecule has 1 aliphatic rings. The number of aliphatic imine (C=N–C) groups is 1. The molecule has 0 aliphatic heterocycles. The van der Waals surface area contributed by atoms with Gasteiger partial charge in [0, 0.05) is 27.3 Å². The topological polar surface area (TPSA) is 56.0 Å². The molecule has 5 nitrogen and oxygen atoms in total. The Morgan fingerprint density at radius 2 is 2.00 bits per heavy atom. The molecule has 4 aromatic rings. The van der Waals surface area contributed by atoms with E-state index in [1.807, 2.05) is 60.3 Å². The molecule has 3 heterocycles. The molecule has 0 unspecified atom stereocenters. The average molecular weight is 450 g/mol. The van der Waals surface area contributed by atoms with Crippen LogP contribution in [0.1, 0.15) is 21.8 Å². The molecule has 0 radical (unpaired) electrons. The van der Waals surface area contributed by atoms with E-state index in [4.69, 9.17) is 10.1 Å². The van der Waals surface area contributed by atoms with Crippen LogP contribution in [0, 0.1) is 6.92 Å². The first-order valence-corrected chi connectivity index (χ1v) is 10.6. The van der Waals surface area contributed by atoms with E-state index in [0.717, 1.165) is 50.8 Å². The van der Waals surface area contributed by atoms with Crippen LogP contribution in [0.2, 0.25) is 0 Å². The molecule has 0 bridgehead atoms. The van der Waals surface area contributed by atoms with Gasteiger partial charge in [-0.25, -0.2) is 19.6 Å². The normalized spacial score (nSPS) is 12.9. The van der Waals surface area contributed by atoms with Crippen LogP contribution in [0.15, 0.2) is 58.1 Å². The number of aromatic nitrogens is 4. The number of nitrogens with zero attached hydrogens (tertiary/aromatic N) is 5. The molecule has 1 aliphatic carbocycles. The maximum absolute atomic E-state index is 4.83. The van der Waals surface area contributed by atoms with E-state index in [9.17, 15) is 0 Å². The molecule has 28 heavy (non-hydrogen) atoms. The van der Waals surface area contributed by atoms with Crippen molar-refractivity contribution in [1.29, 1.82) is 0 Å². The van der Waals surface area contributed by atoms with Crippen molar-refractivity contribution in [3.05, 3.63) is 75.0 Å². The number of halogens is 1. The fourth-order valence-corrected chi connectivity index (χ4v) is 4.63. The van der Waals surface area contributed by atoms with Gasteiger partial charge in [-0.05, 0) is 49.6 Å². The Labute approximate surface area is 175 Å². The highest BCUT2D eigenvalue weighted by atomic mass is 79.9. The molecule has 0 fully saturated rings. The number of fused-ring (bicyclic) bond motifs is 3. The van der Waals surface area contributed by atoms with E-state index < -0.39 is 0 Å². The lowest BCUT2D eigenvalue weighted by Gasteiger charge is -2.13. The summed E-state index contributed by atoms with van der Waals surface area (Å²) in [5.41, 5.74) is 5.37. The van der Waals surface area contributed by atoms with Crippen molar-refractivity contribution in [2.45, 2.75) is 19.8 Å². The van der Waals surface area contributed by atoms with Crippen LogP contribution in [-0.2, 0) is 12.8 Å². The van der Waals surface area contributed by atoms with E-state index in [1.54, 1.807) is 17.5 Å². The number of benzene rings is 1. The first kappa shape index (κ1) is 17.5. The second kappa shape index (κ2) is 7.07. The quantitative estimate of drug-likeness (QED) is 0.398. The van der Waals surface area contributed by atoms with Crippen LogP contribution >= 0.6 is 27.3 Å². The smallest absolute Gasteiger partial charge is 0.209 e. The zero-order chi connectivity index (χ0) is 19.1. The first-order chi connectivity index (χ1) is 13.7. The summed E-state index contributed by atoms with van der Waals surface area (Å²) in [6, 6.07) is 14.0. The van der Waals surface area contributed by atoms with Crippen molar-refractivity contribution in [2.75, 3.05) is 0 Å². The minimum atomic E-state index is 0.783. The Morgan fingerprint density at radius 1 is 1.14 bits per heavy atom. The summed E-state index contributed by atoms with van der Waals surface area (Å²) >= 11 is 5.12. The Hall–Kier alpha value is -2.64. The molecule has 138 valence electrons. The van der Waals surface area contributed by atoms with Crippen molar-refractivity contribution >= 4 is 38.6 Å². The molecule has 5 rings (SSSR count). The molecule has 0 amide bonds. The third kappa shape index (κ3) is 3.10. The van der Waals surface area contributed by atoms with E-state index in [-0.39, 0.29) is 0 Å². The van der Waals surface area contributed by atoms with Gasteiger partial charge in [-0.15, -0.1) is 0 Å². The summed E-state index contributed by atoms with van der Waals surface area (Å²) in [5, 5.41) is 5.53. The van der Waals surface area contributed by atoms with E-state index in [1.165, 1.54) is 10.6 Å². The van der Waals surface area contributed by atoms with E-state index in [2.05, 4.69) is 25.9 Å². The largest absolute Gasteiger partial charge is 0.237 e. The van der Waals surface area contributed by atoms with Gasteiger partial charge in [-0.3, -0.25) is 0 Å². The van der Waals surface area contributed by atoms with Gasteiger partial charge in [0.05, 0.1) is 17.1 Å². The van der Waals surface area contributed by atoms with Crippen LogP contribution in [0.4, 0.5) is 5.13 Å². The van der Waals surface area contributed by atoms with Gasteiger partial charge in [-0.2, -0.15) is 5.10 Å². The zero-order valence-electron chi connectivity index (χ0n) is 15.1. The Bertz CT molecular complexity index is 1180. The maximum atomic E-state index is 4.83. The second-order valence-corrected chi connectivity index (χ2v) is 8.56. The lowest BCUT2D eigenvalue weighted by Crippen LogP contribution is -2.08. The van der Waals surface area contributed by atoms with E-state index >= 15 is 0 Å². The van der Waals surface area contributed by atoms with Gasteiger partial charge in [0.2, 0.25) is 5.13 Å². The van der Waals surface area contributed by atoms with Crippen LogP contribution in [0.3, 0.4) is 0 Å². The Morgan fingerprint density at radius 3 is 2.79 bits per heavy atom. The number of hydrogen-bond acceptors (Lipinski definition) is 5. The number of rotatable bonds is 3. The van der Waals surface area contributed by atoms with Gasteiger partial charge in [0.1, 0.15) is 0 Å². The summed E-state index contributed by atoms with van der Waals surface area (Å²) in [6.07, 6.45) is 5.54. The van der Waals surface area contributed by atoms with Crippen LogP contribution in [0.25, 0.3) is 17.1 Å². The first-order valence-electron chi connectivity index (χ1n) is 8.98. The molecule has 0 N–H and O–H groups in total. The highest BCUT2D eigenvalue weighted by Gasteiger charge is 2.27. The lowest BCUT2D eigenvalue weighted by molar-refractivity contribution is 0.760. The molecule has 7 heteroatoms. The van der Waals surface area contributed by atoms with Crippen molar-refractivity contribution in [3.63, 3.8) is 0 Å². The number of aryl methyl sites for hydroxylation is 2. The summed E-state index contributed by atoms with van der Waals surface area (Å²) < 4.78 is 3.01.